The number of phenols is 1. The number of ether oxygens (including phenoxy) is 2. The summed E-state index contributed by atoms with van der Waals surface area (Å²) in [5.74, 6) is -1.43. The van der Waals surface area contributed by atoms with Crippen molar-refractivity contribution in [1.82, 2.24) is 26.4 Å². The van der Waals surface area contributed by atoms with Crippen LogP contribution in [0.25, 0.3) is 0 Å². The number of hydrogen-bond acceptors (Lipinski definition) is 9. The average Bonchev–Trinajstić information content (AvgIpc) is 3.00. The lowest BCUT2D eigenvalue weighted by molar-refractivity contribution is -0.129. The number of rotatable bonds is 15. The summed E-state index contributed by atoms with van der Waals surface area (Å²) in [4.78, 5) is 50.3. The van der Waals surface area contributed by atoms with E-state index in [1.165, 1.54) is 26.4 Å². The molecule has 0 spiro atoms. The van der Waals surface area contributed by atoms with Crippen molar-refractivity contribution < 1.29 is 38.9 Å². The molecular formula is C31H45N5O8. The standard InChI is InChI=1S/C31H45N5O8/c1-19(2)25(33-30(41)43-5)28(39)32-27(22-10-8-7-9-11-22)24(38)16-17-36(18-21-12-14-23(37)15-13-21)35-29(40)26(20(3)4)34-31(42)44-6/h7-15,19-20,24-27,37-38H,16-18H2,1-6H3,(H,32,39)(H,33,41)(H,34,42)(H,35,40). The van der Waals surface area contributed by atoms with Crippen LogP contribution in [0.15, 0.2) is 54.6 Å². The van der Waals surface area contributed by atoms with Gasteiger partial charge in [0.25, 0.3) is 5.91 Å². The van der Waals surface area contributed by atoms with Gasteiger partial charge in [0.15, 0.2) is 0 Å². The van der Waals surface area contributed by atoms with Crippen molar-refractivity contribution in [3.63, 3.8) is 0 Å². The Labute approximate surface area is 258 Å². The normalized spacial score (nSPS) is 13.9. The minimum absolute atomic E-state index is 0.0877. The number of nitrogens with one attached hydrogen (secondary N) is 4. The molecular weight excluding hydrogens is 570 g/mol. The Morgan fingerprint density at radius 3 is 1.80 bits per heavy atom. The molecule has 2 aromatic rings. The topological polar surface area (TPSA) is 179 Å². The van der Waals surface area contributed by atoms with Crippen LogP contribution in [0.1, 0.15) is 51.3 Å². The highest BCUT2D eigenvalue weighted by molar-refractivity contribution is 5.86. The van der Waals surface area contributed by atoms with E-state index in [2.05, 4.69) is 30.8 Å². The van der Waals surface area contributed by atoms with Gasteiger partial charge in [0, 0.05) is 13.1 Å². The Hall–Kier alpha value is -4.36. The first kappa shape index (κ1) is 35.8. The van der Waals surface area contributed by atoms with Crippen molar-refractivity contribution in [1.29, 1.82) is 0 Å². The molecule has 0 bridgehead atoms. The zero-order valence-corrected chi connectivity index (χ0v) is 26.1. The lowest BCUT2D eigenvalue weighted by atomic mass is 9.97. The second-order valence-corrected chi connectivity index (χ2v) is 11.0. The first-order valence-corrected chi connectivity index (χ1v) is 14.4. The van der Waals surface area contributed by atoms with Crippen molar-refractivity contribution in [3.8, 4) is 5.75 Å². The molecule has 2 rings (SSSR count). The molecule has 0 saturated carbocycles. The maximum absolute atomic E-state index is 13.3. The number of benzene rings is 2. The molecule has 0 heterocycles. The van der Waals surface area contributed by atoms with E-state index in [-0.39, 0.29) is 37.1 Å². The van der Waals surface area contributed by atoms with E-state index < -0.39 is 48.2 Å². The number of amides is 4. The van der Waals surface area contributed by atoms with E-state index in [1.807, 2.05) is 6.07 Å². The SMILES string of the molecule is COC(=O)NC(C(=O)NC(c1ccccc1)C(O)CCN(Cc1ccc(O)cc1)NC(=O)C(NC(=O)OC)C(C)C)C(C)C. The second-order valence-electron chi connectivity index (χ2n) is 11.0. The van der Waals surface area contributed by atoms with E-state index in [4.69, 9.17) is 0 Å². The molecule has 0 aliphatic carbocycles. The molecule has 0 fully saturated rings. The Morgan fingerprint density at radius 1 is 0.773 bits per heavy atom. The van der Waals surface area contributed by atoms with Crippen LogP contribution in [-0.4, -0.2) is 78.2 Å². The van der Waals surface area contributed by atoms with Gasteiger partial charge in [-0.3, -0.25) is 15.0 Å². The molecule has 44 heavy (non-hydrogen) atoms. The fourth-order valence-corrected chi connectivity index (χ4v) is 4.42. The molecule has 242 valence electrons. The van der Waals surface area contributed by atoms with Gasteiger partial charge in [0.2, 0.25) is 5.91 Å². The van der Waals surface area contributed by atoms with Gasteiger partial charge < -0.3 is 35.6 Å². The third kappa shape index (κ3) is 11.4. The molecule has 13 heteroatoms. The lowest BCUT2D eigenvalue weighted by Crippen LogP contribution is -2.55. The van der Waals surface area contributed by atoms with E-state index in [0.717, 1.165) is 5.56 Å². The van der Waals surface area contributed by atoms with Crippen molar-refractivity contribution in [2.45, 2.75) is 64.9 Å². The predicted molar refractivity (Wildman–Crippen MR) is 163 cm³/mol. The molecule has 2 aromatic carbocycles. The number of hydrogen-bond donors (Lipinski definition) is 6. The number of aliphatic hydroxyl groups excluding tert-OH is 1. The van der Waals surface area contributed by atoms with Crippen molar-refractivity contribution in [3.05, 3.63) is 65.7 Å². The van der Waals surface area contributed by atoms with Gasteiger partial charge in [-0.25, -0.2) is 14.6 Å². The summed E-state index contributed by atoms with van der Waals surface area (Å²) in [6, 6.07) is 12.7. The Morgan fingerprint density at radius 2 is 1.30 bits per heavy atom. The van der Waals surface area contributed by atoms with Crippen LogP contribution >= 0.6 is 0 Å². The van der Waals surface area contributed by atoms with Crippen molar-refractivity contribution >= 4 is 24.0 Å². The molecule has 0 aliphatic rings. The molecule has 6 N–H and O–H groups in total. The van der Waals surface area contributed by atoms with Crippen LogP contribution in [-0.2, 0) is 25.6 Å². The largest absolute Gasteiger partial charge is 0.508 e. The molecule has 0 saturated heterocycles. The molecule has 4 amide bonds. The number of aromatic hydroxyl groups is 1. The number of carbonyl (C=O) groups excluding carboxylic acids is 4. The fourth-order valence-electron chi connectivity index (χ4n) is 4.42. The van der Waals surface area contributed by atoms with Crippen LogP contribution in [0.3, 0.4) is 0 Å². The van der Waals surface area contributed by atoms with Gasteiger partial charge in [-0.2, -0.15) is 0 Å². The molecule has 13 nitrogen and oxygen atoms in total. The minimum atomic E-state index is -1.11. The Bertz CT molecular complexity index is 1210. The van der Waals surface area contributed by atoms with E-state index in [1.54, 1.807) is 69.1 Å². The van der Waals surface area contributed by atoms with Crippen molar-refractivity contribution in [2.75, 3.05) is 20.8 Å². The monoisotopic (exact) mass is 615 g/mol. The lowest BCUT2D eigenvalue weighted by Gasteiger charge is -2.31. The van der Waals surface area contributed by atoms with Gasteiger partial charge in [-0.05, 0) is 41.5 Å². The summed E-state index contributed by atoms with van der Waals surface area (Å²) in [6.07, 6.45) is -2.51. The van der Waals surface area contributed by atoms with Gasteiger partial charge in [0.1, 0.15) is 17.8 Å². The van der Waals surface area contributed by atoms with Gasteiger partial charge >= 0.3 is 12.2 Å². The van der Waals surface area contributed by atoms with E-state index in [0.29, 0.717) is 5.56 Å². The quantitative estimate of drug-likeness (QED) is 0.164. The maximum atomic E-state index is 13.3. The minimum Gasteiger partial charge on any atom is -0.508 e. The number of alkyl carbamates (subject to hydrolysis) is 2. The Kier molecular flexibility index (Phi) is 14.4. The number of hydrazine groups is 1. The maximum Gasteiger partial charge on any atom is 0.407 e. The van der Waals surface area contributed by atoms with Gasteiger partial charge in [0.05, 0.1) is 26.4 Å². The second kappa shape index (κ2) is 17.7. The van der Waals surface area contributed by atoms with E-state index >= 15 is 0 Å². The number of phenolic OH excluding ortho intramolecular Hbond substituents is 1. The summed E-state index contributed by atoms with van der Waals surface area (Å²) in [5, 5.41) is 30.7. The molecule has 0 aliphatic heterocycles. The zero-order valence-electron chi connectivity index (χ0n) is 26.1. The highest BCUT2D eigenvalue weighted by Crippen LogP contribution is 2.21. The smallest absolute Gasteiger partial charge is 0.407 e. The van der Waals surface area contributed by atoms with Gasteiger partial charge in [-0.15, -0.1) is 0 Å². The summed E-state index contributed by atoms with van der Waals surface area (Å²) < 4.78 is 9.33. The third-order valence-electron chi connectivity index (χ3n) is 6.93. The molecule has 4 unspecified atom stereocenters. The number of carbonyl (C=O) groups is 4. The summed E-state index contributed by atoms with van der Waals surface area (Å²) in [6.45, 7) is 7.46. The van der Waals surface area contributed by atoms with E-state index in [9.17, 15) is 29.4 Å². The third-order valence-corrected chi connectivity index (χ3v) is 6.93. The molecule has 4 atom stereocenters. The van der Waals surface area contributed by atoms with Crippen LogP contribution < -0.4 is 21.4 Å². The van der Waals surface area contributed by atoms with Crippen LogP contribution in [0, 0.1) is 11.8 Å². The highest BCUT2D eigenvalue weighted by Gasteiger charge is 2.31. The van der Waals surface area contributed by atoms with Gasteiger partial charge in [-0.1, -0.05) is 70.2 Å². The predicted octanol–water partition coefficient (Wildman–Crippen LogP) is 2.60. The zero-order chi connectivity index (χ0) is 32.8. The first-order valence-electron chi connectivity index (χ1n) is 14.4. The average molecular weight is 616 g/mol. The van der Waals surface area contributed by atoms with Crippen LogP contribution in [0.4, 0.5) is 9.59 Å². The fraction of sp³-hybridized carbons (Fsp3) is 0.484. The highest BCUT2D eigenvalue weighted by atomic mass is 16.5. The molecule has 0 aromatic heterocycles. The first-order chi connectivity index (χ1) is 20.9. The Balaban J connectivity index is 2.29. The summed E-state index contributed by atoms with van der Waals surface area (Å²) in [7, 11) is 2.42. The van der Waals surface area contributed by atoms with Crippen molar-refractivity contribution in [2.24, 2.45) is 11.8 Å². The summed E-state index contributed by atoms with van der Waals surface area (Å²) in [5.41, 5.74) is 4.24. The van der Waals surface area contributed by atoms with Crippen LogP contribution in [0.5, 0.6) is 5.75 Å². The summed E-state index contributed by atoms with van der Waals surface area (Å²) >= 11 is 0. The number of methoxy groups -OCH3 is 2. The number of nitrogens with zero attached hydrogens (tertiary/aromatic N) is 1. The van der Waals surface area contributed by atoms with Crippen LogP contribution in [0.2, 0.25) is 0 Å². The number of aliphatic hydroxyl groups is 1. The molecule has 0 radical (unpaired) electrons.